The number of anilines is 2. The van der Waals surface area contributed by atoms with Crippen molar-refractivity contribution in [2.45, 2.75) is 24.1 Å². The quantitative estimate of drug-likeness (QED) is 0.152. The third-order valence-electron chi connectivity index (χ3n) is 8.44. The number of carbonyl (C=O) groups excluding carboxylic acids is 2. The molecule has 13 nitrogen and oxygen atoms in total. The number of hydrogen-bond acceptors (Lipinski definition) is 11. The molecule has 0 saturated heterocycles. The average Bonchev–Trinajstić information content (AvgIpc) is 3.47. The number of aliphatic hydroxyl groups is 1. The van der Waals surface area contributed by atoms with Crippen LogP contribution in [0, 0.1) is 5.82 Å². The van der Waals surface area contributed by atoms with Gasteiger partial charge in [0.15, 0.2) is 0 Å². The molecule has 2 atom stereocenters. The molecule has 5 aromatic rings. The first-order valence-electron chi connectivity index (χ1n) is 15.1. The lowest BCUT2D eigenvalue weighted by molar-refractivity contribution is -0.265. The van der Waals surface area contributed by atoms with Gasteiger partial charge in [-0.05, 0) is 55.5 Å². The molecule has 3 aromatic heterocycles. The van der Waals surface area contributed by atoms with Gasteiger partial charge < -0.3 is 35.7 Å². The molecule has 17 heteroatoms. The zero-order valence-corrected chi connectivity index (χ0v) is 27.1. The first-order valence-corrected chi connectivity index (χ1v) is 15.1. The Balaban J connectivity index is 1.39. The van der Waals surface area contributed by atoms with E-state index in [2.05, 4.69) is 30.6 Å². The van der Waals surface area contributed by atoms with Gasteiger partial charge in [0.2, 0.25) is 17.4 Å². The lowest BCUT2D eigenvalue weighted by Crippen LogP contribution is -2.51. The number of rotatable bonds is 10. The SMILES string of the molecule is COc1cc(Nc2cc(C(=O)NCC(O)(c3cc4c(c(-c5ccc(F)cc5)n3)OC[C@]4(C)C(N)=O)C(F)(F)F)cc3cccnc23)nc(OC)n1. The number of amides is 2. The minimum atomic E-state index is -5.41. The highest BCUT2D eigenvalue weighted by atomic mass is 19.4. The number of nitrogens with zero attached hydrogens (tertiary/aromatic N) is 4. The van der Waals surface area contributed by atoms with E-state index >= 15 is 0 Å². The van der Waals surface area contributed by atoms with Crippen LogP contribution in [-0.2, 0) is 15.8 Å². The Bertz CT molecular complexity index is 2150. The molecule has 51 heavy (non-hydrogen) atoms. The maximum absolute atomic E-state index is 14.9. The standard InChI is InChI=1S/C34H29F4N7O6/c1-32(30(39)47)16-51-28-21(32)13-23(43-27(28)17-6-8-20(35)9-7-17)33(48,34(36,37)38)15-41-29(46)19-11-18-5-4-10-40-26(18)22(12-19)42-24-14-25(49-2)45-31(44-24)50-3/h4-14,48H,15-16H2,1-3H3,(H2,39,47)(H,41,46)(H,42,44,45)/t32-,33?/m0/s1. The van der Waals surface area contributed by atoms with E-state index in [-0.39, 0.29) is 58.1 Å². The van der Waals surface area contributed by atoms with Crippen molar-refractivity contribution < 1.29 is 46.5 Å². The number of hydrogen-bond donors (Lipinski definition) is 4. The molecule has 4 heterocycles. The summed E-state index contributed by atoms with van der Waals surface area (Å²) in [6, 6.07) is 12.9. The average molecular weight is 708 g/mol. The van der Waals surface area contributed by atoms with Crippen LogP contribution in [0.4, 0.5) is 29.1 Å². The van der Waals surface area contributed by atoms with Gasteiger partial charge in [-0.25, -0.2) is 9.37 Å². The molecule has 264 valence electrons. The normalized spacial score (nSPS) is 16.5. The third-order valence-corrected chi connectivity index (χ3v) is 8.44. The van der Waals surface area contributed by atoms with Gasteiger partial charge in [0.25, 0.3) is 5.91 Å². The predicted octanol–water partition coefficient (Wildman–Crippen LogP) is 4.30. The monoisotopic (exact) mass is 707 g/mol. The van der Waals surface area contributed by atoms with E-state index in [1.54, 1.807) is 12.1 Å². The molecule has 2 amide bonds. The minimum Gasteiger partial charge on any atom is -0.489 e. The van der Waals surface area contributed by atoms with Crippen LogP contribution in [0.25, 0.3) is 22.2 Å². The number of ether oxygens (including phenoxy) is 3. The Kier molecular flexibility index (Phi) is 8.84. The molecule has 0 saturated carbocycles. The van der Waals surface area contributed by atoms with E-state index in [0.29, 0.717) is 10.9 Å². The second-order valence-corrected chi connectivity index (χ2v) is 11.8. The summed E-state index contributed by atoms with van der Waals surface area (Å²) in [6.07, 6.45) is -3.90. The lowest BCUT2D eigenvalue weighted by atomic mass is 9.81. The van der Waals surface area contributed by atoms with Crippen LogP contribution in [0.3, 0.4) is 0 Å². The molecular formula is C34H29F4N7O6. The van der Waals surface area contributed by atoms with Gasteiger partial charge in [-0.3, -0.25) is 14.6 Å². The van der Waals surface area contributed by atoms with Gasteiger partial charge >= 0.3 is 12.2 Å². The Labute approximate surface area is 286 Å². The highest BCUT2D eigenvalue weighted by Crippen LogP contribution is 2.47. The number of nitrogens with one attached hydrogen (secondary N) is 2. The number of benzene rings is 2. The highest BCUT2D eigenvalue weighted by Gasteiger charge is 2.57. The summed E-state index contributed by atoms with van der Waals surface area (Å²) in [5.41, 5.74) is -0.286. The van der Waals surface area contributed by atoms with E-state index in [1.807, 2.05) is 0 Å². The summed E-state index contributed by atoms with van der Waals surface area (Å²) in [7, 11) is 2.75. The van der Waals surface area contributed by atoms with Gasteiger partial charge in [0.1, 0.15) is 35.1 Å². The van der Waals surface area contributed by atoms with Gasteiger partial charge in [-0.1, -0.05) is 6.07 Å². The van der Waals surface area contributed by atoms with Crippen LogP contribution >= 0.6 is 0 Å². The summed E-state index contributed by atoms with van der Waals surface area (Å²) < 4.78 is 74.5. The molecule has 0 radical (unpaired) electrons. The minimum absolute atomic E-state index is 0.0279. The fourth-order valence-corrected chi connectivity index (χ4v) is 5.47. The number of alkyl halides is 3. The smallest absolute Gasteiger partial charge is 0.424 e. The molecule has 0 aliphatic carbocycles. The zero-order valence-electron chi connectivity index (χ0n) is 27.1. The highest BCUT2D eigenvalue weighted by molar-refractivity contribution is 6.02. The predicted molar refractivity (Wildman–Crippen MR) is 174 cm³/mol. The van der Waals surface area contributed by atoms with Crippen molar-refractivity contribution in [3.63, 3.8) is 0 Å². The maximum atomic E-state index is 14.9. The Morgan fingerprint density at radius 3 is 2.45 bits per heavy atom. The summed E-state index contributed by atoms with van der Waals surface area (Å²) in [5, 5.41) is 17.1. The summed E-state index contributed by atoms with van der Waals surface area (Å²) in [4.78, 5) is 42.8. The number of pyridine rings is 2. The molecule has 0 fully saturated rings. The fourth-order valence-electron chi connectivity index (χ4n) is 5.47. The molecule has 1 aliphatic rings. The van der Waals surface area contributed by atoms with Crippen LogP contribution in [0.5, 0.6) is 17.6 Å². The van der Waals surface area contributed by atoms with E-state index in [4.69, 9.17) is 19.9 Å². The van der Waals surface area contributed by atoms with Crippen LogP contribution in [-0.4, -0.2) is 70.4 Å². The van der Waals surface area contributed by atoms with E-state index in [0.717, 1.165) is 18.2 Å². The molecule has 1 aliphatic heterocycles. The zero-order chi connectivity index (χ0) is 36.7. The molecule has 6 rings (SSSR count). The van der Waals surface area contributed by atoms with Gasteiger partial charge in [-0.15, -0.1) is 0 Å². The topological polar surface area (TPSA) is 184 Å². The Hall–Kier alpha value is -6.10. The van der Waals surface area contributed by atoms with E-state index in [1.165, 1.54) is 57.7 Å². The van der Waals surface area contributed by atoms with Crippen molar-refractivity contribution in [2.24, 2.45) is 5.73 Å². The van der Waals surface area contributed by atoms with E-state index < -0.39 is 47.1 Å². The number of carbonyl (C=O) groups is 2. The van der Waals surface area contributed by atoms with Crippen LogP contribution in [0.1, 0.15) is 28.5 Å². The number of methoxy groups -OCH3 is 2. The van der Waals surface area contributed by atoms with Crippen molar-refractivity contribution in [3.05, 3.63) is 89.5 Å². The Morgan fingerprint density at radius 2 is 1.78 bits per heavy atom. The summed E-state index contributed by atoms with van der Waals surface area (Å²) in [6.45, 7) is -0.339. The molecular weight excluding hydrogens is 678 g/mol. The Morgan fingerprint density at radius 1 is 1.04 bits per heavy atom. The van der Waals surface area contributed by atoms with Gasteiger partial charge in [0, 0.05) is 34.3 Å². The van der Waals surface area contributed by atoms with Crippen molar-refractivity contribution in [1.29, 1.82) is 0 Å². The third kappa shape index (κ3) is 6.38. The fraction of sp³-hybridized carbons (Fsp3) is 0.235. The van der Waals surface area contributed by atoms with Crippen molar-refractivity contribution in [1.82, 2.24) is 25.3 Å². The molecule has 5 N–H and O–H groups in total. The largest absolute Gasteiger partial charge is 0.489 e. The number of fused-ring (bicyclic) bond motifs is 2. The maximum Gasteiger partial charge on any atom is 0.424 e. The van der Waals surface area contributed by atoms with Gasteiger partial charge in [0.05, 0.1) is 37.7 Å². The van der Waals surface area contributed by atoms with Crippen LogP contribution < -0.4 is 30.6 Å². The van der Waals surface area contributed by atoms with Crippen molar-refractivity contribution in [2.75, 3.05) is 32.7 Å². The second-order valence-electron chi connectivity index (χ2n) is 11.8. The first-order chi connectivity index (χ1) is 24.2. The number of primary amides is 1. The molecule has 0 spiro atoms. The van der Waals surface area contributed by atoms with E-state index in [9.17, 15) is 32.3 Å². The molecule has 2 aromatic carbocycles. The van der Waals surface area contributed by atoms with Crippen LogP contribution in [0.2, 0.25) is 0 Å². The summed E-state index contributed by atoms with van der Waals surface area (Å²) in [5.74, 6) is -2.21. The number of aromatic nitrogens is 4. The molecule has 1 unspecified atom stereocenters. The van der Waals surface area contributed by atoms with Crippen LogP contribution in [0.15, 0.2) is 66.9 Å². The number of halogens is 4. The lowest BCUT2D eigenvalue weighted by Gasteiger charge is -2.31. The number of nitrogens with two attached hydrogens (primary N) is 1. The van der Waals surface area contributed by atoms with Crippen molar-refractivity contribution in [3.8, 4) is 28.9 Å². The second kappa shape index (κ2) is 13.0. The van der Waals surface area contributed by atoms with Gasteiger partial charge in [-0.2, -0.15) is 23.1 Å². The summed E-state index contributed by atoms with van der Waals surface area (Å²) >= 11 is 0. The molecule has 0 bridgehead atoms. The first kappa shape index (κ1) is 34.8. The van der Waals surface area contributed by atoms with Crippen molar-refractivity contribution >= 4 is 34.2 Å².